The lowest BCUT2D eigenvalue weighted by Gasteiger charge is -2.13. The molecule has 0 spiro atoms. The first-order valence-corrected chi connectivity index (χ1v) is 5.94. The SMILES string of the molecule is CCOCCNc1cc(NC(C)=O)ccc1OC. The molecule has 0 aliphatic rings. The van der Waals surface area contributed by atoms with E-state index in [1.807, 2.05) is 19.1 Å². The van der Waals surface area contributed by atoms with E-state index in [0.717, 1.165) is 17.1 Å². The molecule has 2 N–H and O–H groups in total. The van der Waals surface area contributed by atoms with Gasteiger partial charge in [0.15, 0.2) is 0 Å². The maximum Gasteiger partial charge on any atom is 0.221 e. The number of ether oxygens (including phenoxy) is 2. The maximum absolute atomic E-state index is 11.0. The van der Waals surface area contributed by atoms with Crippen LogP contribution in [0.2, 0.25) is 0 Å². The predicted octanol–water partition coefficient (Wildman–Crippen LogP) is 2.10. The first-order chi connectivity index (χ1) is 8.67. The molecule has 5 heteroatoms. The van der Waals surface area contributed by atoms with Gasteiger partial charge in [-0.05, 0) is 25.1 Å². The zero-order chi connectivity index (χ0) is 13.4. The largest absolute Gasteiger partial charge is 0.495 e. The summed E-state index contributed by atoms with van der Waals surface area (Å²) >= 11 is 0. The molecule has 1 amide bonds. The van der Waals surface area contributed by atoms with Gasteiger partial charge in [-0.2, -0.15) is 0 Å². The fourth-order valence-corrected chi connectivity index (χ4v) is 1.53. The summed E-state index contributed by atoms with van der Waals surface area (Å²) in [5.74, 6) is 0.640. The van der Waals surface area contributed by atoms with Gasteiger partial charge in [0.05, 0.1) is 19.4 Å². The zero-order valence-electron chi connectivity index (χ0n) is 11.1. The van der Waals surface area contributed by atoms with Gasteiger partial charge in [-0.3, -0.25) is 4.79 Å². The second-order valence-corrected chi connectivity index (χ2v) is 3.72. The van der Waals surface area contributed by atoms with Gasteiger partial charge >= 0.3 is 0 Å². The van der Waals surface area contributed by atoms with E-state index in [1.54, 1.807) is 13.2 Å². The minimum absolute atomic E-state index is 0.0968. The Morgan fingerprint density at radius 3 is 2.78 bits per heavy atom. The Balaban J connectivity index is 2.69. The lowest BCUT2D eigenvalue weighted by Crippen LogP contribution is -2.11. The van der Waals surface area contributed by atoms with Crippen LogP contribution in [0.15, 0.2) is 18.2 Å². The van der Waals surface area contributed by atoms with Crippen LogP contribution in [0, 0.1) is 0 Å². The molecular weight excluding hydrogens is 232 g/mol. The minimum atomic E-state index is -0.0968. The van der Waals surface area contributed by atoms with Crippen molar-refractivity contribution in [2.45, 2.75) is 13.8 Å². The molecule has 0 bridgehead atoms. The van der Waals surface area contributed by atoms with Crippen molar-refractivity contribution in [2.75, 3.05) is 37.5 Å². The number of nitrogens with one attached hydrogen (secondary N) is 2. The fourth-order valence-electron chi connectivity index (χ4n) is 1.53. The van der Waals surface area contributed by atoms with E-state index in [-0.39, 0.29) is 5.91 Å². The molecule has 0 aromatic heterocycles. The first kappa shape index (κ1) is 14.3. The fraction of sp³-hybridized carbons (Fsp3) is 0.462. The number of amides is 1. The lowest BCUT2D eigenvalue weighted by molar-refractivity contribution is -0.114. The Morgan fingerprint density at radius 2 is 2.17 bits per heavy atom. The number of carbonyl (C=O) groups excluding carboxylic acids is 1. The number of anilines is 2. The maximum atomic E-state index is 11.0. The molecule has 5 nitrogen and oxygen atoms in total. The first-order valence-electron chi connectivity index (χ1n) is 5.94. The number of methoxy groups -OCH3 is 1. The van der Waals surface area contributed by atoms with Crippen molar-refractivity contribution >= 4 is 17.3 Å². The van der Waals surface area contributed by atoms with Crippen LogP contribution in [0.1, 0.15) is 13.8 Å². The molecule has 0 saturated carbocycles. The van der Waals surface area contributed by atoms with Crippen molar-refractivity contribution < 1.29 is 14.3 Å². The number of carbonyl (C=O) groups is 1. The van der Waals surface area contributed by atoms with E-state index in [9.17, 15) is 4.79 Å². The summed E-state index contributed by atoms with van der Waals surface area (Å²) in [5.41, 5.74) is 1.57. The van der Waals surface area contributed by atoms with Gasteiger partial charge in [0.2, 0.25) is 5.91 Å². The average molecular weight is 252 g/mol. The molecule has 0 unspecified atom stereocenters. The average Bonchev–Trinajstić information content (AvgIpc) is 2.34. The van der Waals surface area contributed by atoms with E-state index in [1.165, 1.54) is 6.92 Å². The molecule has 0 saturated heterocycles. The minimum Gasteiger partial charge on any atom is -0.495 e. The Kier molecular flexibility index (Phi) is 6.00. The zero-order valence-corrected chi connectivity index (χ0v) is 11.1. The van der Waals surface area contributed by atoms with Crippen molar-refractivity contribution in [3.8, 4) is 5.75 Å². The molecule has 0 fully saturated rings. The molecule has 18 heavy (non-hydrogen) atoms. The highest BCUT2D eigenvalue weighted by Gasteiger charge is 2.04. The van der Waals surface area contributed by atoms with Crippen molar-refractivity contribution in [1.82, 2.24) is 0 Å². The Bertz CT molecular complexity index is 394. The van der Waals surface area contributed by atoms with Gasteiger partial charge in [-0.1, -0.05) is 0 Å². The molecule has 0 heterocycles. The molecule has 1 aromatic rings. The number of hydrogen-bond donors (Lipinski definition) is 2. The van der Waals surface area contributed by atoms with E-state index < -0.39 is 0 Å². The van der Waals surface area contributed by atoms with Crippen LogP contribution < -0.4 is 15.4 Å². The molecule has 0 radical (unpaired) electrons. The normalized spacial score (nSPS) is 9.94. The monoisotopic (exact) mass is 252 g/mol. The number of benzene rings is 1. The topological polar surface area (TPSA) is 59.6 Å². The lowest BCUT2D eigenvalue weighted by atomic mass is 10.2. The van der Waals surface area contributed by atoms with E-state index in [2.05, 4.69) is 10.6 Å². The second-order valence-electron chi connectivity index (χ2n) is 3.72. The van der Waals surface area contributed by atoms with E-state index >= 15 is 0 Å². The standard InChI is InChI=1S/C13H20N2O3/c1-4-18-8-7-14-12-9-11(15-10(2)16)5-6-13(12)17-3/h5-6,9,14H,4,7-8H2,1-3H3,(H,15,16). The van der Waals surface area contributed by atoms with Crippen molar-refractivity contribution in [2.24, 2.45) is 0 Å². The number of rotatable bonds is 7. The molecule has 0 aliphatic heterocycles. The van der Waals surface area contributed by atoms with Crippen LogP contribution in [0.5, 0.6) is 5.75 Å². The third-order valence-electron chi connectivity index (χ3n) is 2.29. The molecule has 0 aliphatic carbocycles. The molecule has 0 atom stereocenters. The highest BCUT2D eigenvalue weighted by atomic mass is 16.5. The Labute approximate surface area is 107 Å². The Morgan fingerprint density at radius 1 is 1.39 bits per heavy atom. The van der Waals surface area contributed by atoms with Crippen molar-refractivity contribution in [3.05, 3.63) is 18.2 Å². The summed E-state index contributed by atoms with van der Waals surface area (Å²) in [7, 11) is 1.61. The van der Waals surface area contributed by atoms with Gasteiger partial charge in [-0.15, -0.1) is 0 Å². The van der Waals surface area contributed by atoms with Gasteiger partial charge in [-0.25, -0.2) is 0 Å². The van der Waals surface area contributed by atoms with Gasteiger partial charge in [0.1, 0.15) is 5.75 Å². The van der Waals surface area contributed by atoms with E-state index in [4.69, 9.17) is 9.47 Å². The summed E-state index contributed by atoms with van der Waals surface area (Å²) in [6, 6.07) is 5.45. The van der Waals surface area contributed by atoms with E-state index in [0.29, 0.717) is 19.8 Å². The van der Waals surface area contributed by atoms with Gasteiger partial charge < -0.3 is 20.1 Å². The highest BCUT2D eigenvalue weighted by Crippen LogP contribution is 2.27. The number of hydrogen-bond acceptors (Lipinski definition) is 4. The second kappa shape index (κ2) is 7.55. The Hall–Kier alpha value is -1.75. The van der Waals surface area contributed by atoms with Crippen LogP contribution in [-0.4, -0.2) is 32.8 Å². The molecular formula is C13H20N2O3. The van der Waals surface area contributed by atoms with Crippen LogP contribution in [0.4, 0.5) is 11.4 Å². The smallest absolute Gasteiger partial charge is 0.221 e. The molecule has 100 valence electrons. The van der Waals surface area contributed by atoms with Crippen molar-refractivity contribution in [3.63, 3.8) is 0 Å². The highest BCUT2D eigenvalue weighted by molar-refractivity contribution is 5.89. The third kappa shape index (κ3) is 4.63. The third-order valence-corrected chi connectivity index (χ3v) is 2.29. The van der Waals surface area contributed by atoms with Crippen LogP contribution in [0.3, 0.4) is 0 Å². The summed E-state index contributed by atoms with van der Waals surface area (Å²) < 4.78 is 10.5. The summed E-state index contributed by atoms with van der Waals surface area (Å²) in [6.07, 6.45) is 0. The van der Waals surface area contributed by atoms with Crippen LogP contribution >= 0.6 is 0 Å². The van der Waals surface area contributed by atoms with Crippen LogP contribution in [-0.2, 0) is 9.53 Å². The quantitative estimate of drug-likeness (QED) is 0.730. The summed E-state index contributed by atoms with van der Waals surface area (Å²) in [5, 5.41) is 5.94. The molecule has 1 rings (SSSR count). The summed E-state index contributed by atoms with van der Waals surface area (Å²) in [6.45, 7) is 5.45. The van der Waals surface area contributed by atoms with Crippen LogP contribution in [0.25, 0.3) is 0 Å². The van der Waals surface area contributed by atoms with Gasteiger partial charge in [0.25, 0.3) is 0 Å². The molecule has 1 aromatic carbocycles. The predicted molar refractivity (Wildman–Crippen MR) is 72.3 cm³/mol. The summed E-state index contributed by atoms with van der Waals surface area (Å²) in [4.78, 5) is 11.0. The van der Waals surface area contributed by atoms with Gasteiger partial charge in [0, 0.05) is 25.8 Å². The van der Waals surface area contributed by atoms with Crippen molar-refractivity contribution in [1.29, 1.82) is 0 Å².